The van der Waals surface area contributed by atoms with Gasteiger partial charge in [0.15, 0.2) is 0 Å². The molecule has 0 aliphatic carbocycles. The number of anilines is 1. The van der Waals surface area contributed by atoms with Gasteiger partial charge >= 0.3 is 0 Å². The molecule has 0 aliphatic heterocycles. The maximum atomic E-state index is 11.6. The van der Waals surface area contributed by atoms with Crippen LogP contribution in [0.15, 0.2) is 30.3 Å². The van der Waals surface area contributed by atoms with Gasteiger partial charge in [-0.1, -0.05) is 31.5 Å². The molecule has 0 heterocycles. The van der Waals surface area contributed by atoms with Crippen molar-refractivity contribution in [3.63, 3.8) is 0 Å². The number of hydrogen-bond donors (Lipinski definition) is 2. The molecule has 104 valence electrons. The first-order chi connectivity index (χ1) is 9.22. The average Bonchev–Trinajstić information content (AvgIpc) is 2.43. The van der Waals surface area contributed by atoms with Gasteiger partial charge in [-0.15, -0.1) is 0 Å². The molecular formula is C15H22N2O2. The Bertz CT molecular complexity index is 390. The summed E-state index contributed by atoms with van der Waals surface area (Å²) in [6.45, 7) is 2.54. The lowest BCUT2D eigenvalue weighted by molar-refractivity contribution is -0.121. The highest BCUT2D eigenvalue weighted by Gasteiger charge is 2.01. The number of hydrogen-bond acceptors (Lipinski definition) is 2. The van der Waals surface area contributed by atoms with Gasteiger partial charge in [0, 0.05) is 25.1 Å². The summed E-state index contributed by atoms with van der Waals surface area (Å²) in [5.41, 5.74) is 0.836. The van der Waals surface area contributed by atoms with Crippen molar-refractivity contribution >= 4 is 17.5 Å². The quantitative estimate of drug-likeness (QED) is 0.708. The molecule has 0 unspecified atom stereocenters. The van der Waals surface area contributed by atoms with Crippen LogP contribution in [0.3, 0.4) is 0 Å². The van der Waals surface area contributed by atoms with E-state index in [0.717, 1.165) is 24.9 Å². The van der Waals surface area contributed by atoms with Crippen LogP contribution in [0.5, 0.6) is 0 Å². The van der Waals surface area contributed by atoms with Crippen LogP contribution >= 0.6 is 0 Å². The Morgan fingerprint density at radius 1 is 1.00 bits per heavy atom. The first-order valence-electron chi connectivity index (χ1n) is 6.84. The van der Waals surface area contributed by atoms with E-state index in [1.165, 1.54) is 0 Å². The highest BCUT2D eigenvalue weighted by molar-refractivity contribution is 5.90. The molecule has 0 spiro atoms. The van der Waals surface area contributed by atoms with Crippen molar-refractivity contribution in [2.24, 2.45) is 0 Å². The molecule has 1 aromatic carbocycles. The van der Waals surface area contributed by atoms with Crippen LogP contribution < -0.4 is 10.6 Å². The van der Waals surface area contributed by atoms with Crippen LogP contribution in [0.25, 0.3) is 0 Å². The van der Waals surface area contributed by atoms with E-state index in [9.17, 15) is 9.59 Å². The Morgan fingerprint density at radius 3 is 2.42 bits per heavy atom. The monoisotopic (exact) mass is 262 g/mol. The molecule has 0 saturated carbocycles. The van der Waals surface area contributed by atoms with Crippen molar-refractivity contribution < 1.29 is 9.59 Å². The Balaban J connectivity index is 2.03. The van der Waals surface area contributed by atoms with E-state index in [2.05, 4.69) is 10.6 Å². The van der Waals surface area contributed by atoms with E-state index in [0.29, 0.717) is 19.4 Å². The minimum absolute atomic E-state index is 0.0452. The summed E-state index contributed by atoms with van der Waals surface area (Å²) in [6.07, 6.45) is 3.77. The molecule has 4 nitrogen and oxygen atoms in total. The van der Waals surface area contributed by atoms with E-state index in [4.69, 9.17) is 0 Å². The molecule has 2 N–H and O–H groups in total. The fourth-order valence-electron chi connectivity index (χ4n) is 1.69. The van der Waals surface area contributed by atoms with Crippen molar-refractivity contribution in [1.29, 1.82) is 0 Å². The third kappa shape index (κ3) is 7.24. The third-order valence-corrected chi connectivity index (χ3v) is 2.78. The molecule has 1 rings (SSSR count). The van der Waals surface area contributed by atoms with E-state index in [-0.39, 0.29) is 11.8 Å². The van der Waals surface area contributed by atoms with Gasteiger partial charge in [0.2, 0.25) is 11.8 Å². The number of carbonyl (C=O) groups is 2. The number of amides is 2. The second kappa shape index (κ2) is 9.14. The lowest BCUT2D eigenvalue weighted by Crippen LogP contribution is -2.23. The maximum absolute atomic E-state index is 11.6. The summed E-state index contributed by atoms with van der Waals surface area (Å²) in [6, 6.07) is 9.45. The van der Waals surface area contributed by atoms with Gasteiger partial charge in [-0.2, -0.15) is 0 Å². The molecule has 0 fully saturated rings. The number of nitrogens with one attached hydrogen (secondary N) is 2. The average molecular weight is 262 g/mol. The zero-order valence-corrected chi connectivity index (χ0v) is 11.4. The Kier molecular flexibility index (Phi) is 7.32. The molecule has 2 amide bonds. The number of para-hydroxylation sites is 1. The largest absolute Gasteiger partial charge is 0.356 e. The van der Waals surface area contributed by atoms with Crippen molar-refractivity contribution in [2.45, 2.75) is 39.0 Å². The summed E-state index contributed by atoms with van der Waals surface area (Å²) in [7, 11) is 0. The van der Waals surface area contributed by atoms with E-state index in [1.54, 1.807) is 0 Å². The molecule has 4 heteroatoms. The van der Waals surface area contributed by atoms with Crippen LogP contribution in [-0.2, 0) is 9.59 Å². The Morgan fingerprint density at radius 2 is 1.74 bits per heavy atom. The number of unbranched alkanes of at least 4 members (excludes halogenated alkanes) is 2. The van der Waals surface area contributed by atoms with E-state index in [1.807, 2.05) is 37.3 Å². The van der Waals surface area contributed by atoms with Gasteiger partial charge in [-0.05, 0) is 25.0 Å². The van der Waals surface area contributed by atoms with Crippen LogP contribution in [0.2, 0.25) is 0 Å². The van der Waals surface area contributed by atoms with E-state index < -0.39 is 0 Å². The van der Waals surface area contributed by atoms with Gasteiger partial charge in [-0.3, -0.25) is 9.59 Å². The Hall–Kier alpha value is -1.84. The van der Waals surface area contributed by atoms with E-state index >= 15 is 0 Å². The molecule has 0 aliphatic rings. The predicted molar refractivity (Wildman–Crippen MR) is 76.8 cm³/mol. The molecule has 0 aromatic heterocycles. The predicted octanol–water partition coefficient (Wildman–Crippen LogP) is 2.71. The van der Waals surface area contributed by atoms with Gasteiger partial charge in [0.1, 0.15) is 0 Å². The highest BCUT2D eigenvalue weighted by Crippen LogP contribution is 2.07. The van der Waals surface area contributed by atoms with Crippen molar-refractivity contribution in [3.05, 3.63) is 30.3 Å². The molecule has 0 radical (unpaired) electrons. The molecule has 1 aromatic rings. The SMILES string of the molecule is CCC(=O)NCCCCCC(=O)Nc1ccccc1. The maximum Gasteiger partial charge on any atom is 0.224 e. The molecule has 0 atom stereocenters. The number of benzene rings is 1. The first kappa shape index (κ1) is 15.2. The zero-order chi connectivity index (χ0) is 13.9. The molecular weight excluding hydrogens is 240 g/mol. The topological polar surface area (TPSA) is 58.2 Å². The van der Waals surface area contributed by atoms with Crippen LogP contribution in [-0.4, -0.2) is 18.4 Å². The van der Waals surface area contributed by atoms with Crippen molar-refractivity contribution in [3.8, 4) is 0 Å². The fourth-order valence-corrected chi connectivity index (χ4v) is 1.69. The number of rotatable bonds is 8. The normalized spacial score (nSPS) is 9.95. The zero-order valence-electron chi connectivity index (χ0n) is 11.4. The van der Waals surface area contributed by atoms with Gasteiger partial charge in [0.05, 0.1) is 0 Å². The second-order valence-electron chi connectivity index (χ2n) is 4.43. The van der Waals surface area contributed by atoms with Crippen LogP contribution in [0.1, 0.15) is 39.0 Å². The molecule has 0 saturated heterocycles. The summed E-state index contributed by atoms with van der Waals surface area (Å²) in [5, 5.41) is 5.67. The van der Waals surface area contributed by atoms with Crippen LogP contribution in [0.4, 0.5) is 5.69 Å². The lowest BCUT2D eigenvalue weighted by Gasteiger charge is -2.05. The van der Waals surface area contributed by atoms with Gasteiger partial charge < -0.3 is 10.6 Å². The fraction of sp³-hybridized carbons (Fsp3) is 0.467. The standard InChI is InChI=1S/C15H22N2O2/c1-2-14(18)16-12-8-4-7-11-15(19)17-13-9-5-3-6-10-13/h3,5-6,9-10H,2,4,7-8,11-12H2,1H3,(H,16,18)(H,17,19). The summed E-state index contributed by atoms with van der Waals surface area (Å²) < 4.78 is 0. The molecule has 0 bridgehead atoms. The van der Waals surface area contributed by atoms with Crippen LogP contribution in [0, 0.1) is 0 Å². The lowest BCUT2D eigenvalue weighted by atomic mass is 10.2. The second-order valence-corrected chi connectivity index (χ2v) is 4.43. The Labute approximate surface area is 114 Å². The minimum atomic E-state index is 0.0452. The first-order valence-corrected chi connectivity index (χ1v) is 6.84. The number of carbonyl (C=O) groups excluding carboxylic acids is 2. The van der Waals surface area contributed by atoms with Crippen molar-refractivity contribution in [2.75, 3.05) is 11.9 Å². The summed E-state index contributed by atoms with van der Waals surface area (Å²) in [4.78, 5) is 22.6. The summed E-state index contributed by atoms with van der Waals surface area (Å²) >= 11 is 0. The third-order valence-electron chi connectivity index (χ3n) is 2.78. The minimum Gasteiger partial charge on any atom is -0.356 e. The molecule has 19 heavy (non-hydrogen) atoms. The van der Waals surface area contributed by atoms with Crippen molar-refractivity contribution in [1.82, 2.24) is 5.32 Å². The van der Waals surface area contributed by atoms with Gasteiger partial charge in [-0.25, -0.2) is 0 Å². The smallest absolute Gasteiger partial charge is 0.224 e. The highest BCUT2D eigenvalue weighted by atomic mass is 16.2. The summed E-state index contributed by atoms with van der Waals surface area (Å²) in [5.74, 6) is 0.130. The van der Waals surface area contributed by atoms with Gasteiger partial charge in [0.25, 0.3) is 0 Å².